The van der Waals surface area contributed by atoms with Gasteiger partial charge in [0.2, 0.25) is 0 Å². The molecule has 0 heterocycles. The third-order valence-corrected chi connectivity index (χ3v) is 4.87. The molecule has 0 spiro atoms. The predicted molar refractivity (Wildman–Crippen MR) is 108 cm³/mol. The summed E-state index contributed by atoms with van der Waals surface area (Å²) in [6.45, 7) is 2.05. The van der Waals surface area contributed by atoms with Gasteiger partial charge < -0.3 is 4.74 Å². The molecule has 3 aromatic carbocycles. The molecule has 0 N–H and O–H groups in total. The minimum Gasteiger partial charge on any atom is -0.457 e. The number of allylic oxidation sites excluding steroid dienone is 2. The topological polar surface area (TPSA) is 9.23 Å². The lowest BCUT2D eigenvalue weighted by Gasteiger charge is -2.18. The molecular formula is C25H23FO. The van der Waals surface area contributed by atoms with E-state index in [-0.39, 0.29) is 5.83 Å². The van der Waals surface area contributed by atoms with Crippen molar-refractivity contribution in [2.45, 2.75) is 25.7 Å². The van der Waals surface area contributed by atoms with Gasteiger partial charge in [-0.3, -0.25) is 0 Å². The first-order valence-electron chi connectivity index (χ1n) is 9.46. The second-order valence-corrected chi connectivity index (χ2v) is 7.22. The van der Waals surface area contributed by atoms with Crippen LogP contribution in [0.1, 0.15) is 35.4 Å². The summed E-state index contributed by atoms with van der Waals surface area (Å²) < 4.78 is 21.2. The van der Waals surface area contributed by atoms with Crippen LogP contribution in [0.3, 0.4) is 0 Å². The van der Waals surface area contributed by atoms with E-state index in [0.717, 1.165) is 35.5 Å². The largest absolute Gasteiger partial charge is 0.457 e. The summed E-state index contributed by atoms with van der Waals surface area (Å²) in [4.78, 5) is 0. The van der Waals surface area contributed by atoms with Crippen molar-refractivity contribution in [2.24, 2.45) is 5.92 Å². The Bertz CT molecular complexity index is 924. The number of para-hydroxylation sites is 1. The fourth-order valence-corrected chi connectivity index (χ4v) is 3.24. The van der Waals surface area contributed by atoms with Gasteiger partial charge in [-0.05, 0) is 67.2 Å². The van der Waals surface area contributed by atoms with Gasteiger partial charge in [0.05, 0.1) is 5.92 Å². The Morgan fingerprint density at radius 1 is 0.889 bits per heavy atom. The molecule has 3 aromatic rings. The molecule has 0 amide bonds. The average molecular weight is 358 g/mol. The smallest absolute Gasteiger partial charge is 0.127 e. The Labute approximate surface area is 160 Å². The van der Waals surface area contributed by atoms with E-state index in [4.69, 9.17) is 4.74 Å². The SMILES string of the molecule is Cc1ccc(C(C(F)=CC2CC2)c2cccc(Oc3ccccc3)c2)cc1. The molecule has 1 aliphatic carbocycles. The Balaban J connectivity index is 1.69. The van der Waals surface area contributed by atoms with E-state index in [1.54, 1.807) is 6.08 Å². The summed E-state index contributed by atoms with van der Waals surface area (Å²) in [5.41, 5.74) is 3.04. The fourth-order valence-electron chi connectivity index (χ4n) is 3.24. The highest BCUT2D eigenvalue weighted by atomic mass is 19.1. The van der Waals surface area contributed by atoms with Crippen LogP contribution in [0.2, 0.25) is 0 Å². The Kier molecular flexibility index (Phi) is 5.06. The molecule has 0 aromatic heterocycles. The minimum atomic E-state index is -0.398. The molecule has 4 rings (SSSR count). The van der Waals surface area contributed by atoms with E-state index >= 15 is 4.39 Å². The zero-order chi connectivity index (χ0) is 18.6. The first-order valence-corrected chi connectivity index (χ1v) is 9.46. The monoisotopic (exact) mass is 358 g/mol. The zero-order valence-corrected chi connectivity index (χ0v) is 15.4. The third-order valence-electron chi connectivity index (χ3n) is 4.87. The summed E-state index contributed by atoms with van der Waals surface area (Å²) >= 11 is 0. The normalized spacial score (nSPS) is 15.4. The van der Waals surface area contributed by atoms with Crippen LogP contribution >= 0.6 is 0 Å². The third kappa shape index (κ3) is 4.46. The summed E-state index contributed by atoms with van der Waals surface area (Å²) in [6.07, 6.45) is 3.98. The number of aryl methyl sites for hydroxylation is 1. The van der Waals surface area contributed by atoms with Crippen molar-refractivity contribution >= 4 is 0 Å². The highest BCUT2D eigenvalue weighted by Crippen LogP contribution is 2.39. The molecule has 1 atom stereocenters. The Hall–Kier alpha value is -2.87. The number of ether oxygens (including phenoxy) is 1. The van der Waals surface area contributed by atoms with Gasteiger partial charge in [0, 0.05) is 0 Å². The molecule has 1 aliphatic rings. The lowest BCUT2D eigenvalue weighted by Crippen LogP contribution is -2.03. The van der Waals surface area contributed by atoms with Gasteiger partial charge in [0.1, 0.15) is 17.3 Å². The second-order valence-electron chi connectivity index (χ2n) is 7.22. The van der Waals surface area contributed by atoms with E-state index in [2.05, 4.69) is 0 Å². The van der Waals surface area contributed by atoms with E-state index in [1.165, 1.54) is 5.56 Å². The van der Waals surface area contributed by atoms with E-state index < -0.39 is 5.92 Å². The van der Waals surface area contributed by atoms with Gasteiger partial charge in [-0.2, -0.15) is 0 Å². The van der Waals surface area contributed by atoms with Crippen LogP contribution < -0.4 is 4.74 Å². The number of halogens is 1. The molecule has 1 unspecified atom stereocenters. The van der Waals surface area contributed by atoms with Crippen LogP contribution in [0.15, 0.2) is 90.8 Å². The summed E-state index contributed by atoms with van der Waals surface area (Å²) in [6, 6.07) is 25.5. The quantitative estimate of drug-likeness (QED) is 0.453. The average Bonchev–Trinajstić information content (AvgIpc) is 3.49. The molecule has 1 saturated carbocycles. The number of rotatable bonds is 6. The maximum Gasteiger partial charge on any atom is 0.127 e. The maximum atomic E-state index is 15.2. The molecule has 0 radical (unpaired) electrons. The van der Waals surface area contributed by atoms with Crippen molar-refractivity contribution in [3.8, 4) is 11.5 Å². The van der Waals surface area contributed by atoms with Crippen molar-refractivity contribution in [3.05, 3.63) is 107 Å². The van der Waals surface area contributed by atoms with Gasteiger partial charge in [-0.25, -0.2) is 4.39 Å². The molecule has 0 aliphatic heterocycles. The molecular weight excluding hydrogens is 335 g/mol. The van der Waals surface area contributed by atoms with Crippen molar-refractivity contribution in [2.75, 3.05) is 0 Å². The van der Waals surface area contributed by atoms with Crippen molar-refractivity contribution < 1.29 is 9.13 Å². The summed E-state index contributed by atoms with van der Waals surface area (Å²) in [5.74, 6) is 1.41. The standard InChI is InChI=1S/C25H23FO/c1-18-10-14-20(15-11-18)25(24(26)16-19-12-13-19)21-6-5-9-23(17-21)27-22-7-3-2-4-8-22/h2-11,14-17,19,25H,12-13H2,1H3. The van der Waals surface area contributed by atoms with Crippen molar-refractivity contribution in [1.29, 1.82) is 0 Å². The van der Waals surface area contributed by atoms with E-state index in [9.17, 15) is 0 Å². The lowest BCUT2D eigenvalue weighted by atomic mass is 9.89. The summed E-state index contributed by atoms with van der Waals surface area (Å²) in [7, 11) is 0. The first kappa shape index (κ1) is 17.5. The van der Waals surface area contributed by atoms with Crippen LogP contribution in [-0.2, 0) is 0 Å². The van der Waals surface area contributed by atoms with Crippen LogP contribution in [0, 0.1) is 12.8 Å². The first-order chi connectivity index (χ1) is 13.2. The number of hydrogen-bond donors (Lipinski definition) is 0. The highest BCUT2D eigenvalue weighted by Gasteiger charge is 2.25. The molecule has 1 nitrogen and oxygen atoms in total. The summed E-state index contributed by atoms with van der Waals surface area (Å²) in [5, 5.41) is 0. The lowest BCUT2D eigenvalue weighted by molar-refractivity contribution is 0.481. The maximum absolute atomic E-state index is 15.2. The van der Waals surface area contributed by atoms with Gasteiger partial charge >= 0.3 is 0 Å². The molecule has 27 heavy (non-hydrogen) atoms. The molecule has 1 fully saturated rings. The van der Waals surface area contributed by atoms with Crippen molar-refractivity contribution in [3.63, 3.8) is 0 Å². The zero-order valence-electron chi connectivity index (χ0n) is 15.4. The van der Waals surface area contributed by atoms with Gasteiger partial charge in [-0.1, -0.05) is 60.2 Å². The number of hydrogen-bond acceptors (Lipinski definition) is 1. The van der Waals surface area contributed by atoms with Crippen molar-refractivity contribution in [1.82, 2.24) is 0 Å². The molecule has 0 saturated heterocycles. The van der Waals surface area contributed by atoms with Crippen LogP contribution in [0.25, 0.3) is 0 Å². The van der Waals surface area contributed by atoms with Crippen LogP contribution in [0.5, 0.6) is 11.5 Å². The molecule has 0 bridgehead atoms. The fraction of sp³-hybridized carbons (Fsp3) is 0.200. The van der Waals surface area contributed by atoms with Gasteiger partial charge in [0.15, 0.2) is 0 Å². The molecule has 2 heteroatoms. The highest BCUT2D eigenvalue weighted by molar-refractivity contribution is 5.44. The second kappa shape index (κ2) is 7.79. The van der Waals surface area contributed by atoms with Crippen LogP contribution in [0.4, 0.5) is 4.39 Å². The Morgan fingerprint density at radius 2 is 1.59 bits per heavy atom. The van der Waals surface area contributed by atoms with Gasteiger partial charge in [0.25, 0.3) is 0 Å². The van der Waals surface area contributed by atoms with E-state index in [1.807, 2.05) is 85.8 Å². The van der Waals surface area contributed by atoms with E-state index in [0.29, 0.717) is 5.92 Å². The number of benzene rings is 3. The van der Waals surface area contributed by atoms with Gasteiger partial charge in [-0.15, -0.1) is 0 Å². The Morgan fingerprint density at radius 3 is 2.30 bits per heavy atom. The predicted octanol–water partition coefficient (Wildman–Crippen LogP) is 7.18. The minimum absolute atomic E-state index is 0.0711. The molecule has 136 valence electrons. The van der Waals surface area contributed by atoms with Crippen LogP contribution in [-0.4, -0.2) is 0 Å².